The standard InChI is InChI=1S/C14H10ClN3O/c1-9(19)12-7-17-13-5-4-10(8-18(12)13)11-3-2-6-16-14(11)15/h2-8H,1H3. The summed E-state index contributed by atoms with van der Waals surface area (Å²) in [6.45, 7) is 1.52. The van der Waals surface area contributed by atoms with Gasteiger partial charge in [0, 0.05) is 30.4 Å². The van der Waals surface area contributed by atoms with Gasteiger partial charge in [0.1, 0.15) is 16.5 Å². The van der Waals surface area contributed by atoms with E-state index in [9.17, 15) is 4.79 Å². The third kappa shape index (κ3) is 2.00. The van der Waals surface area contributed by atoms with E-state index in [4.69, 9.17) is 11.6 Å². The van der Waals surface area contributed by atoms with Crippen molar-refractivity contribution in [1.82, 2.24) is 14.4 Å². The molecule has 94 valence electrons. The van der Waals surface area contributed by atoms with Crippen LogP contribution in [0, 0.1) is 0 Å². The van der Waals surface area contributed by atoms with Crippen LogP contribution in [0.1, 0.15) is 17.4 Å². The fourth-order valence-corrected chi connectivity index (χ4v) is 2.23. The Morgan fingerprint density at radius 1 is 1.26 bits per heavy atom. The quantitative estimate of drug-likeness (QED) is 0.531. The van der Waals surface area contributed by atoms with Gasteiger partial charge in [0.2, 0.25) is 0 Å². The van der Waals surface area contributed by atoms with Crippen LogP contribution in [0.3, 0.4) is 0 Å². The maximum Gasteiger partial charge on any atom is 0.178 e. The molecule has 0 atom stereocenters. The molecule has 0 aromatic carbocycles. The van der Waals surface area contributed by atoms with Gasteiger partial charge in [-0.3, -0.25) is 9.20 Å². The molecule has 0 aliphatic carbocycles. The molecule has 0 amide bonds. The lowest BCUT2D eigenvalue weighted by molar-refractivity contribution is 0.101. The first-order chi connectivity index (χ1) is 9.16. The van der Waals surface area contributed by atoms with Crippen molar-refractivity contribution in [1.29, 1.82) is 0 Å². The summed E-state index contributed by atoms with van der Waals surface area (Å²) in [5.74, 6) is -0.0260. The smallest absolute Gasteiger partial charge is 0.178 e. The number of rotatable bonds is 2. The minimum atomic E-state index is -0.0260. The van der Waals surface area contributed by atoms with Crippen molar-refractivity contribution in [3.8, 4) is 11.1 Å². The highest BCUT2D eigenvalue weighted by Crippen LogP contribution is 2.26. The maximum absolute atomic E-state index is 11.5. The molecule has 0 aliphatic rings. The average molecular weight is 272 g/mol. The molecule has 0 bridgehead atoms. The van der Waals surface area contributed by atoms with Crippen molar-refractivity contribution in [2.24, 2.45) is 0 Å². The number of imidazole rings is 1. The van der Waals surface area contributed by atoms with Gasteiger partial charge in [0.15, 0.2) is 5.78 Å². The van der Waals surface area contributed by atoms with E-state index in [1.165, 1.54) is 6.92 Å². The fourth-order valence-electron chi connectivity index (χ4n) is 2.00. The summed E-state index contributed by atoms with van der Waals surface area (Å²) in [4.78, 5) is 19.8. The van der Waals surface area contributed by atoms with E-state index in [1.807, 2.05) is 30.5 Å². The van der Waals surface area contributed by atoms with Gasteiger partial charge >= 0.3 is 0 Å². The first-order valence-electron chi connectivity index (χ1n) is 5.76. The highest BCUT2D eigenvalue weighted by Gasteiger charge is 2.10. The molecule has 0 saturated carbocycles. The fraction of sp³-hybridized carbons (Fsp3) is 0.0714. The van der Waals surface area contributed by atoms with E-state index in [-0.39, 0.29) is 5.78 Å². The number of halogens is 1. The minimum Gasteiger partial charge on any atom is -0.296 e. The second-order valence-electron chi connectivity index (χ2n) is 4.19. The third-order valence-electron chi connectivity index (χ3n) is 2.94. The van der Waals surface area contributed by atoms with Crippen LogP contribution in [0.15, 0.2) is 42.9 Å². The van der Waals surface area contributed by atoms with Gasteiger partial charge in [-0.25, -0.2) is 9.97 Å². The normalized spacial score (nSPS) is 10.8. The topological polar surface area (TPSA) is 47.3 Å². The van der Waals surface area contributed by atoms with Crippen LogP contribution >= 0.6 is 11.6 Å². The summed E-state index contributed by atoms with van der Waals surface area (Å²) < 4.78 is 1.76. The molecule has 0 N–H and O–H groups in total. The van der Waals surface area contributed by atoms with E-state index in [1.54, 1.807) is 16.8 Å². The van der Waals surface area contributed by atoms with Crippen molar-refractivity contribution < 1.29 is 4.79 Å². The molecule has 19 heavy (non-hydrogen) atoms. The van der Waals surface area contributed by atoms with Crippen molar-refractivity contribution in [2.45, 2.75) is 6.92 Å². The van der Waals surface area contributed by atoms with E-state index in [2.05, 4.69) is 9.97 Å². The van der Waals surface area contributed by atoms with Gasteiger partial charge in [0.25, 0.3) is 0 Å². The predicted octanol–water partition coefficient (Wildman–Crippen LogP) is 3.25. The molecule has 3 aromatic rings. The second kappa shape index (κ2) is 4.48. The number of hydrogen-bond donors (Lipinski definition) is 0. The third-order valence-corrected chi connectivity index (χ3v) is 3.24. The predicted molar refractivity (Wildman–Crippen MR) is 73.4 cm³/mol. The molecule has 0 spiro atoms. The van der Waals surface area contributed by atoms with Crippen LogP contribution in [0.25, 0.3) is 16.8 Å². The van der Waals surface area contributed by atoms with Crippen molar-refractivity contribution in [3.63, 3.8) is 0 Å². The van der Waals surface area contributed by atoms with Crippen LogP contribution in [0.4, 0.5) is 0 Å². The van der Waals surface area contributed by atoms with Crippen molar-refractivity contribution >= 4 is 23.0 Å². The van der Waals surface area contributed by atoms with Gasteiger partial charge < -0.3 is 0 Å². The van der Waals surface area contributed by atoms with Gasteiger partial charge in [-0.15, -0.1) is 0 Å². The highest BCUT2D eigenvalue weighted by molar-refractivity contribution is 6.32. The van der Waals surface area contributed by atoms with Gasteiger partial charge in [-0.2, -0.15) is 0 Å². The number of aromatic nitrogens is 3. The number of fused-ring (bicyclic) bond motifs is 1. The van der Waals surface area contributed by atoms with Crippen LogP contribution < -0.4 is 0 Å². The Morgan fingerprint density at radius 3 is 2.84 bits per heavy atom. The zero-order valence-corrected chi connectivity index (χ0v) is 10.9. The number of pyridine rings is 2. The van der Waals surface area contributed by atoms with Crippen LogP contribution in [0.2, 0.25) is 5.15 Å². The summed E-state index contributed by atoms with van der Waals surface area (Å²) >= 11 is 6.08. The summed E-state index contributed by atoms with van der Waals surface area (Å²) in [6.07, 6.45) is 5.07. The molecule has 5 heteroatoms. The molecular formula is C14H10ClN3O. The number of nitrogens with zero attached hydrogens (tertiary/aromatic N) is 3. The summed E-state index contributed by atoms with van der Waals surface area (Å²) in [6, 6.07) is 7.48. The minimum absolute atomic E-state index is 0.0260. The molecule has 4 nitrogen and oxygen atoms in total. The van der Waals surface area contributed by atoms with Gasteiger partial charge in [0.05, 0.1) is 6.20 Å². The Labute approximate surface area is 114 Å². The number of carbonyl (C=O) groups excluding carboxylic acids is 1. The lowest BCUT2D eigenvalue weighted by Gasteiger charge is -2.05. The van der Waals surface area contributed by atoms with Crippen molar-refractivity contribution in [3.05, 3.63) is 53.7 Å². The number of hydrogen-bond acceptors (Lipinski definition) is 3. The Hall–Kier alpha value is -2.20. The van der Waals surface area contributed by atoms with E-state index in [0.717, 1.165) is 16.8 Å². The highest BCUT2D eigenvalue weighted by atomic mass is 35.5. The van der Waals surface area contributed by atoms with Gasteiger partial charge in [-0.1, -0.05) is 11.6 Å². The summed E-state index contributed by atoms with van der Waals surface area (Å²) in [7, 11) is 0. The summed E-state index contributed by atoms with van der Waals surface area (Å²) in [5, 5.41) is 0.436. The summed E-state index contributed by atoms with van der Waals surface area (Å²) in [5.41, 5.74) is 3.01. The maximum atomic E-state index is 11.5. The molecule has 0 radical (unpaired) electrons. The van der Waals surface area contributed by atoms with Gasteiger partial charge in [-0.05, 0) is 24.3 Å². The lowest BCUT2D eigenvalue weighted by atomic mass is 10.1. The molecule has 0 unspecified atom stereocenters. The Kier molecular flexibility index (Phi) is 2.80. The Bertz CT molecular complexity index is 779. The molecule has 0 aliphatic heterocycles. The molecule has 3 heterocycles. The van der Waals surface area contributed by atoms with E-state index < -0.39 is 0 Å². The van der Waals surface area contributed by atoms with Crippen molar-refractivity contribution in [2.75, 3.05) is 0 Å². The largest absolute Gasteiger partial charge is 0.296 e. The zero-order valence-electron chi connectivity index (χ0n) is 10.2. The number of ketones is 1. The molecule has 0 saturated heterocycles. The SMILES string of the molecule is CC(=O)c1cnc2ccc(-c3cccnc3Cl)cn12. The second-order valence-corrected chi connectivity index (χ2v) is 4.55. The number of carbonyl (C=O) groups is 1. The van der Waals surface area contributed by atoms with Crippen LogP contribution in [-0.2, 0) is 0 Å². The van der Waals surface area contributed by atoms with Crippen LogP contribution in [-0.4, -0.2) is 20.2 Å². The Balaban J connectivity index is 2.24. The molecule has 0 fully saturated rings. The first kappa shape index (κ1) is 11.9. The molecular weight excluding hydrogens is 262 g/mol. The zero-order chi connectivity index (χ0) is 13.4. The Morgan fingerprint density at radius 2 is 2.11 bits per heavy atom. The molecule has 3 aromatic heterocycles. The monoisotopic (exact) mass is 271 g/mol. The van der Waals surface area contributed by atoms with E-state index >= 15 is 0 Å². The first-order valence-corrected chi connectivity index (χ1v) is 6.13. The lowest BCUT2D eigenvalue weighted by Crippen LogP contribution is -1.98. The van der Waals surface area contributed by atoms with E-state index in [0.29, 0.717) is 10.8 Å². The number of Topliss-reactive ketones (excluding diaryl/α,β-unsaturated/α-hetero) is 1. The molecule has 3 rings (SSSR count). The van der Waals surface area contributed by atoms with Crippen LogP contribution in [0.5, 0.6) is 0 Å². The average Bonchev–Trinajstić information content (AvgIpc) is 2.82.